The minimum absolute atomic E-state index is 0.144. The molecular weight excluding hydrogens is 328 g/mol. The highest BCUT2D eigenvalue weighted by molar-refractivity contribution is 7.92. The van der Waals surface area contributed by atoms with Crippen LogP contribution in [0.5, 0.6) is 5.75 Å². The molecular formula is C17H18N2O4S. The zero-order valence-electron chi connectivity index (χ0n) is 13.6. The second kappa shape index (κ2) is 5.83. The van der Waals surface area contributed by atoms with E-state index in [0.717, 1.165) is 16.7 Å². The van der Waals surface area contributed by atoms with Crippen molar-refractivity contribution in [2.45, 2.75) is 25.7 Å². The number of carbonyl (C=O) groups excluding carboxylic acids is 1. The molecule has 0 aromatic heterocycles. The monoisotopic (exact) mass is 346 g/mol. The standard InChI is InChI=1S/C17H18N2O4S/c1-10-6-14-17(23-9-16(20)18-14)15(7-10)19-24(21,22)13-5-4-11(2)12(3)8-13/h4-8,19H,9H2,1-3H3,(H,18,20). The maximum atomic E-state index is 12.7. The Hall–Kier alpha value is -2.54. The van der Waals surface area contributed by atoms with Crippen molar-refractivity contribution in [3.63, 3.8) is 0 Å². The Morgan fingerprint density at radius 1 is 1.08 bits per heavy atom. The van der Waals surface area contributed by atoms with Gasteiger partial charge < -0.3 is 10.1 Å². The van der Waals surface area contributed by atoms with Crippen LogP contribution in [0, 0.1) is 20.8 Å². The average molecular weight is 346 g/mol. The third-order valence-corrected chi connectivity index (χ3v) is 5.25. The molecule has 2 aromatic rings. The summed E-state index contributed by atoms with van der Waals surface area (Å²) in [4.78, 5) is 11.6. The molecule has 0 unspecified atom stereocenters. The number of anilines is 2. The van der Waals surface area contributed by atoms with Gasteiger partial charge in [0.1, 0.15) is 0 Å². The number of aryl methyl sites for hydroxylation is 3. The molecule has 0 spiro atoms. The quantitative estimate of drug-likeness (QED) is 0.895. The summed E-state index contributed by atoms with van der Waals surface area (Å²) >= 11 is 0. The normalized spacial score (nSPS) is 13.7. The average Bonchev–Trinajstić information content (AvgIpc) is 2.48. The predicted molar refractivity (Wildman–Crippen MR) is 92.0 cm³/mol. The van der Waals surface area contributed by atoms with Gasteiger partial charge in [0, 0.05) is 0 Å². The lowest BCUT2D eigenvalue weighted by molar-refractivity contribution is -0.118. The molecule has 2 N–H and O–H groups in total. The first kappa shape index (κ1) is 16.3. The van der Waals surface area contributed by atoms with Gasteiger partial charge in [-0.2, -0.15) is 0 Å². The van der Waals surface area contributed by atoms with Gasteiger partial charge in [-0.1, -0.05) is 6.07 Å². The maximum Gasteiger partial charge on any atom is 0.262 e. The van der Waals surface area contributed by atoms with Crippen molar-refractivity contribution in [1.29, 1.82) is 0 Å². The first-order valence-electron chi connectivity index (χ1n) is 7.43. The van der Waals surface area contributed by atoms with Crippen molar-refractivity contribution in [3.05, 3.63) is 47.0 Å². The van der Waals surface area contributed by atoms with Crippen molar-refractivity contribution in [2.75, 3.05) is 16.6 Å². The molecule has 126 valence electrons. The van der Waals surface area contributed by atoms with Gasteiger partial charge >= 0.3 is 0 Å². The zero-order valence-corrected chi connectivity index (χ0v) is 14.5. The number of carbonyl (C=O) groups is 1. The van der Waals surface area contributed by atoms with Gasteiger partial charge in [0.15, 0.2) is 12.4 Å². The van der Waals surface area contributed by atoms with Crippen LogP contribution in [-0.2, 0) is 14.8 Å². The largest absolute Gasteiger partial charge is 0.479 e. The lowest BCUT2D eigenvalue weighted by atomic mass is 10.1. The minimum atomic E-state index is -3.76. The Bertz CT molecular complexity index is 936. The van der Waals surface area contributed by atoms with Gasteiger partial charge in [-0.3, -0.25) is 9.52 Å². The summed E-state index contributed by atoms with van der Waals surface area (Å²) in [6.07, 6.45) is 0. The fraction of sp³-hybridized carbons (Fsp3) is 0.235. The molecule has 24 heavy (non-hydrogen) atoms. The molecule has 0 fully saturated rings. The molecule has 0 bridgehead atoms. The van der Waals surface area contributed by atoms with E-state index in [1.165, 1.54) is 0 Å². The number of fused-ring (bicyclic) bond motifs is 1. The van der Waals surface area contributed by atoms with Crippen LogP contribution in [0.25, 0.3) is 0 Å². The SMILES string of the molecule is Cc1cc2c(c(NS(=O)(=O)c3ccc(C)c(C)c3)c1)OCC(=O)N2. The topological polar surface area (TPSA) is 84.5 Å². The highest BCUT2D eigenvalue weighted by atomic mass is 32.2. The smallest absolute Gasteiger partial charge is 0.262 e. The molecule has 7 heteroatoms. The van der Waals surface area contributed by atoms with Gasteiger partial charge in [0.05, 0.1) is 16.3 Å². The lowest BCUT2D eigenvalue weighted by Gasteiger charge is -2.22. The number of amides is 1. The Morgan fingerprint density at radius 2 is 1.83 bits per heavy atom. The summed E-state index contributed by atoms with van der Waals surface area (Å²) < 4.78 is 33.3. The van der Waals surface area contributed by atoms with Crippen LogP contribution < -0.4 is 14.8 Å². The van der Waals surface area contributed by atoms with E-state index >= 15 is 0 Å². The Balaban J connectivity index is 2.01. The zero-order chi connectivity index (χ0) is 17.5. The highest BCUT2D eigenvalue weighted by Crippen LogP contribution is 2.38. The highest BCUT2D eigenvalue weighted by Gasteiger charge is 2.23. The van der Waals surface area contributed by atoms with Crippen LogP contribution in [-0.4, -0.2) is 20.9 Å². The molecule has 6 nitrogen and oxygen atoms in total. The molecule has 2 aromatic carbocycles. The summed E-state index contributed by atoms with van der Waals surface area (Å²) in [6.45, 7) is 5.46. The number of nitrogens with one attached hydrogen (secondary N) is 2. The lowest BCUT2D eigenvalue weighted by Crippen LogP contribution is -2.26. The van der Waals surface area contributed by atoms with E-state index in [1.54, 1.807) is 30.3 Å². The fourth-order valence-corrected chi connectivity index (χ4v) is 3.64. The Kier molecular flexibility index (Phi) is 3.96. The molecule has 0 radical (unpaired) electrons. The van der Waals surface area contributed by atoms with Crippen LogP contribution in [0.4, 0.5) is 11.4 Å². The van der Waals surface area contributed by atoms with E-state index in [0.29, 0.717) is 17.1 Å². The van der Waals surface area contributed by atoms with Crippen LogP contribution in [0.3, 0.4) is 0 Å². The van der Waals surface area contributed by atoms with Crippen molar-refractivity contribution >= 4 is 27.3 Å². The van der Waals surface area contributed by atoms with Crippen LogP contribution >= 0.6 is 0 Å². The second-order valence-corrected chi connectivity index (χ2v) is 7.56. The summed E-state index contributed by atoms with van der Waals surface area (Å²) in [5.74, 6) is 0.0590. The molecule has 0 saturated carbocycles. The summed E-state index contributed by atoms with van der Waals surface area (Å²) in [6, 6.07) is 8.37. The molecule has 1 heterocycles. The molecule has 0 aliphatic carbocycles. The molecule has 1 aliphatic heterocycles. The Morgan fingerprint density at radius 3 is 2.54 bits per heavy atom. The van der Waals surface area contributed by atoms with Gasteiger partial charge in [-0.25, -0.2) is 8.42 Å². The van der Waals surface area contributed by atoms with E-state index in [4.69, 9.17) is 4.74 Å². The number of hydrogen-bond donors (Lipinski definition) is 2. The van der Waals surface area contributed by atoms with Crippen molar-refractivity contribution in [2.24, 2.45) is 0 Å². The van der Waals surface area contributed by atoms with E-state index in [-0.39, 0.29) is 17.4 Å². The maximum absolute atomic E-state index is 12.7. The molecule has 1 aliphatic rings. The number of hydrogen-bond acceptors (Lipinski definition) is 4. The molecule has 0 atom stereocenters. The van der Waals surface area contributed by atoms with Crippen molar-refractivity contribution in [3.8, 4) is 5.75 Å². The summed E-state index contributed by atoms with van der Waals surface area (Å²) in [5.41, 5.74) is 3.49. The van der Waals surface area contributed by atoms with Gasteiger partial charge in [0.25, 0.3) is 15.9 Å². The summed E-state index contributed by atoms with van der Waals surface area (Å²) in [7, 11) is -3.76. The van der Waals surface area contributed by atoms with E-state index in [9.17, 15) is 13.2 Å². The molecule has 0 saturated heterocycles. The van der Waals surface area contributed by atoms with Gasteiger partial charge in [-0.15, -0.1) is 0 Å². The minimum Gasteiger partial charge on any atom is -0.479 e. The van der Waals surface area contributed by atoms with Crippen LogP contribution in [0.2, 0.25) is 0 Å². The number of sulfonamides is 1. The first-order chi connectivity index (χ1) is 11.3. The van der Waals surface area contributed by atoms with E-state index in [1.807, 2.05) is 20.8 Å². The number of rotatable bonds is 3. The van der Waals surface area contributed by atoms with E-state index in [2.05, 4.69) is 10.0 Å². The summed E-state index contributed by atoms with van der Waals surface area (Å²) in [5, 5.41) is 2.68. The third kappa shape index (κ3) is 3.07. The van der Waals surface area contributed by atoms with Gasteiger partial charge in [-0.05, 0) is 61.7 Å². The van der Waals surface area contributed by atoms with Crippen molar-refractivity contribution in [1.82, 2.24) is 0 Å². The number of benzene rings is 2. The molecule has 3 rings (SSSR count). The second-order valence-electron chi connectivity index (χ2n) is 5.88. The predicted octanol–water partition coefficient (Wildman–Crippen LogP) is 2.74. The molecule has 1 amide bonds. The first-order valence-corrected chi connectivity index (χ1v) is 8.92. The van der Waals surface area contributed by atoms with Crippen LogP contribution in [0.15, 0.2) is 35.2 Å². The van der Waals surface area contributed by atoms with Crippen LogP contribution in [0.1, 0.15) is 16.7 Å². The fourth-order valence-electron chi connectivity index (χ4n) is 2.51. The van der Waals surface area contributed by atoms with E-state index < -0.39 is 10.0 Å². The number of ether oxygens (including phenoxy) is 1. The Labute approximate surface area is 140 Å². The van der Waals surface area contributed by atoms with Crippen molar-refractivity contribution < 1.29 is 17.9 Å². The van der Waals surface area contributed by atoms with Gasteiger partial charge in [0.2, 0.25) is 0 Å². The third-order valence-electron chi connectivity index (χ3n) is 3.89.